The normalized spacial score (nSPS) is 17.8. The van der Waals surface area contributed by atoms with Crippen LogP contribution in [0.15, 0.2) is 59.5 Å². The van der Waals surface area contributed by atoms with Crippen LogP contribution in [0.4, 0.5) is 0 Å². The lowest BCUT2D eigenvalue weighted by Gasteiger charge is -2.34. The maximum atomic E-state index is 13.3. The van der Waals surface area contributed by atoms with Gasteiger partial charge in [0, 0.05) is 18.1 Å². The monoisotopic (exact) mass is 504 g/mol. The van der Waals surface area contributed by atoms with Gasteiger partial charge in [0.1, 0.15) is 18.7 Å². The van der Waals surface area contributed by atoms with E-state index in [-0.39, 0.29) is 24.0 Å². The Morgan fingerprint density at radius 2 is 1.79 bits per heavy atom. The third kappa shape index (κ3) is 6.84. The summed E-state index contributed by atoms with van der Waals surface area (Å²) in [5.74, 6) is 0.0450. The molecule has 184 valence electrons. The number of rotatable bonds is 9. The van der Waals surface area contributed by atoms with Crippen LogP contribution in [-0.2, 0) is 31.0 Å². The summed E-state index contributed by atoms with van der Waals surface area (Å²) in [6.07, 6.45) is 0.393. The van der Waals surface area contributed by atoms with Crippen molar-refractivity contribution in [1.82, 2.24) is 9.62 Å². The zero-order valence-corrected chi connectivity index (χ0v) is 21.4. The quantitative estimate of drug-likeness (QED) is 0.527. The van der Waals surface area contributed by atoms with Crippen LogP contribution in [0, 0.1) is 12.8 Å². The predicted octanol–water partition coefficient (Wildman–Crippen LogP) is 3.38. The molecule has 1 fully saturated rings. The number of benzene rings is 2. The first-order valence-corrected chi connectivity index (χ1v) is 13.9. The van der Waals surface area contributed by atoms with Crippen molar-refractivity contribution < 1.29 is 22.7 Å². The van der Waals surface area contributed by atoms with Gasteiger partial charge >= 0.3 is 5.97 Å². The van der Waals surface area contributed by atoms with Crippen molar-refractivity contribution >= 4 is 33.7 Å². The summed E-state index contributed by atoms with van der Waals surface area (Å²) in [5.41, 5.74) is 1.80. The van der Waals surface area contributed by atoms with Crippen LogP contribution in [0.1, 0.15) is 31.4 Å². The number of hydrogen-bond donors (Lipinski definition) is 1. The Hall–Kier alpha value is -2.36. The minimum absolute atomic E-state index is 0.108. The summed E-state index contributed by atoms with van der Waals surface area (Å²) in [6.45, 7) is 6.13. The van der Waals surface area contributed by atoms with Crippen molar-refractivity contribution in [2.45, 2.75) is 50.8 Å². The number of amides is 1. The van der Waals surface area contributed by atoms with Crippen LogP contribution in [0.5, 0.6) is 0 Å². The molecule has 1 amide bonds. The van der Waals surface area contributed by atoms with Gasteiger partial charge in [-0.15, -0.1) is 0 Å². The van der Waals surface area contributed by atoms with Gasteiger partial charge in [-0.1, -0.05) is 61.9 Å². The molecule has 2 aromatic carbocycles. The van der Waals surface area contributed by atoms with Crippen LogP contribution < -0.4 is 5.32 Å². The third-order valence-electron chi connectivity index (χ3n) is 5.54. The number of nitrogens with zero attached hydrogens (tertiary/aromatic N) is 1. The molecule has 0 spiro atoms. The maximum Gasteiger partial charge on any atom is 0.328 e. The largest absolute Gasteiger partial charge is 0.459 e. The Morgan fingerprint density at radius 1 is 1.12 bits per heavy atom. The number of sulfonamides is 1. The highest BCUT2D eigenvalue weighted by Gasteiger charge is 2.39. The number of nitrogens with one attached hydrogen (secondary N) is 1. The molecule has 7 nitrogen and oxygen atoms in total. The lowest BCUT2D eigenvalue weighted by molar-refractivity contribution is -0.150. The van der Waals surface area contributed by atoms with Crippen molar-refractivity contribution in [3.63, 3.8) is 0 Å². The van der Waals surface area contributed by atoms with E-state index in [1.54, 1.807) is 24.3 Å². The number of esters is 1. The van der Waals surface area contributed by atoms with Gasteiger partial charge in [-0.2, -0.15) is 16.1 Å². The highest BCUT2D eigenvalue weighted by molar-refractivity contribution is 7.99. The van der Waals surface area contributed by atoms with E-state index in [0.717, 1.165) is 11.1 Å². The lowest BCUT2D eigenvalue weighted by atomic mass is 10.0. The molecule has 1 aliphatic heterocycles. The molecule has 0 aromatic heterocycles. The van der Waals surface area contributed by atoms with Crippen LogP contribution >= 0.6 is 11.8 Å². The van der Waals surface area contributed by atoms with Crippen LogP contribution in [0.25, 0.3) is 0 Å². The number of aryl methyl sites for hydroxylation is 1. The fraction of sp³-hybridized carbons (Fsp3) is 0.440. The first kappa shape index (κ1) is 26.2. The fourth-order valence-electron chi connectivity index (χ4n) is 3.71. The van der Waals surface area contributed by atoms with Gasteiger partial charge in [0.25, 0.3) is 0 Å². The average molecular weight is 505 g/mol. The molecule has 1 saturated heterocycles. The first-order chi connectivity index (χ1) is 16.2. The van der Waals surface area contributed by atoms with Gasteiger partial charge in [-0.3, -0.25) is 4.79 Å². The zero-order chi connectivity index (χ0) is 24.7. The zero-order valence-electron chi connectivity index (χ0n) is 19.8. The highest BCUT2D eigenvalue weighted by Crippen LogP contribution is 2.25. The van der Waals surface area contributed by atoms with E-state index in [9.17, 15) is 18.0 Å². The Kier molecular flexibility index (Phi) is 9.16. The second-order valence-corrected chi connectivity index (χ2v) is 11.8. The van der Waals surface area contributed by atoms with Gasteiger partial charge in [0.15, 0.2) is 0 Å². The van der Waals surface area contributed by atoms with E-state index in [0.29, 0.717) is 17.9 Å². The van der Waals surface area contributed by atoms with Gasteiger partial charge in [0.2, 0.25) is 15.9 Å². The van der Waals surface area contributed by atoms with Crippen molar-refractivity contribution in [3.05, 3.63) is 65.7 Å². The standard InChI is InChI=1S/C25H32N2O5S2/c1-18(2)15-22(25(29)32-16-20-7-5-4-6-8-20)26-24(28)23-17-33-14-13-27(23)34(30,31)21-11-9-19(3)10-12-21/h4-12,18,22-23H,13-17H2,1-3H3,(H,26,28)/t22?,23-/m0/s1. The number of carbonyl (C=O) groups is 2. The average Bonchev–Trinajstić information content (AvgIpc) is 2.82. The van der Waals surface area contributed by atoms with Crippen molar-refractivity contribution in [2.24, 2.45) is 5.92 Å². The summed E-state index contributed by atoms with van der Waals surface area (Å²) in [7, 11) is -3.86. The SMILES string of the molecule is Cc1ccc(S(=O)(=O)N2CCSC[C@H]2C(=O)NC(CC(C)C)C(=O)OCc2ccccc2)cc1. The Balaban J connectivity index is 1.74. The van der Waals surface area contributed by atoms with E-state index < -0.39 is 34.0 Å². The van der Waals surface area contributed by atoms with Gasteiger partial charge < -0.3 is 10.1 Å². The van der Waals surface area contributed by atoms with Gasteiger partial charge in [0.05, 0.1) is 4.90 Å². The number of hydrogen-bond acceptors (Lipinski definition) is 6. The molecule has 0 aliphatic carbocycles. The molecular formula is C25H32N2O5S2. The number of carbonyl (C=O) groups excluding carboxylic acids is 2. The minimum atomic E-state index is -3.86. The van der Waals surface area contributed by atoms with E-state index in [1.165, 1.54) is 16.1 Å². The second kappa shape index (κ2) is 11.9. The van der Waals surface area contributed by atoms with Crippen molar-refractivity contribution in [3.8, 4) is 0 Å². The maximum absolute atomic E-state index is 13.3. The summed E-state index contributed by atoms with van der Waals surface area (Å²) < 4.78 is 33.3. The molecule has 0 radical (unpaired) electrons. The van der Waals surface area contributed by atoms with Crippen LogP contribution in [0.3, 0.4) is 0 Å². The molecule has 9 heteroatoms. The van der Waals surface area contributed by atoms with E-state index in [1.807, 2.05) is 51.1 Å². The Morgan fingerprint density at radius 3 is 2.44 bits per heavy atom. The topological polar surface area (TPSA) is 92.8 Å². The van der Waals surface area contributed by atoms with E-state index in [4.69, 9.17) is 4.74 Å². The fourth-order valence-corrected chi connectivity index (χ4v) is 6.56. The lowest BCUT2D eigenvalue weighted by Crippen LogP contribution is -2.56. The summed E-state index contributed by atoms with van der Waals surface area (Å²) >= 11 is 1.52. The van der Waals surface area contributed by atoms with Crippen molar-refractivity contribution in [2.75, 3.05) is 18.1 Å². The molecule has 34 heavy (non-hydrogen) atoms. The second-order valence-electron chi connectivity index (χ2n) is 8.80. The molecule has 0 saturated carbocycles. The third-order valence-corrected chi connectivity index (χ3v) is 8.49. The van der Waals surface area contributed by atoms with E-state index >= 15 is 0 Å². The molecule has 2 aromatic rings. The molecular weight excluding hydrogens is 472 g/mol. The van der Waals surface area contributed by atoms with Gasteiger partial charge in [-0.05, 0) is 37.0 Å². The Bertz CT molecular complexity index is 1070. The van der Waals surface area contributed by atoms with Crippen LogP contribution in [0.2, 0.25) is 0 Å². The van der Waals surface area contributed by atoms with Gasteiger partial charge in [-0.25, -0.2) is 13.2 Å². The smallest absolute Gasteiger partial charge is 0.328 e. The summed E-state index contributed by atoms with van der Waals surface area (Å²) in [5, 5.41) is 2.78. The molecule has 1 aliphatic rings. The predicted molar refractivity (Wildman–Crippen MR) is 134 cm³/mol. The highest BCUT2D eigenvalue weighted by atomic mass is 32.2. The van der Waals surface area contributed by atoms with E-state index in [2.05, 4.69) is 5.32 Å². The molecule has 2 atom stereocenters. The summed E-state index contributed by atoms with van der Waals surface area (Å²) in [6, 6.07) is 14.2. The summed E-state index contributed by atoms with van der Waals surface area (Å²) in [4.78, 5) is 26.3. The molecule has 1 heterocycles. The number of ether oxygens (including phenoxy) is 1. The molecule has 1 unspecified atom stereocenters. The Labute approximate surface area is 206 Å². The molecule has 0 bridgehead atoms. The molecule has 3 rings (SSSR count). The van der Waals surface area contributed by atoms with Crippen LogP contribution in [-0.4, -0.2) is 54.7 Å². The first-order valence-electron chi connectivity index (χ1n) is 11.4. The number of thioether (sulfide) groups is 1. The minimum Gasteiger partial charge on any atom is -0.459 e. The molecule has 1 N–H and O–H groups in total. The van der Waals surface area contributed by atoms with Crippen molar-refractivity contribution in [1.29, 1.82) is 0 Å².